The van der Waals surface area contributed by atoms with Crippen LogP contribution in [0.4, 0.5) is 0 Å². The van der Waals surface area contributed by atoms with Crippen molar-refractivity contribution >= 4 is 0 Å². The lowest BCUT2D eigenvalue weighted by Gasteiger charge is -2.36. The van der Waals surface area contributed by atoms with Crippen molar-refractivity contribution < 1.29 is 5.11 Å². The fourth-order valence-corrected chi connectivity index (χ4v) is 2.94. The van der Waals surface area contributed by atoms with Crippen molar-refractivity contribution in [3.8, 4) is 6.07 Å². The number of benzene rings is 1. The minimum Gasteiger partial charge on any atom is -0.389 e. The maximum Gasteiger partial charge on any atom is 0.0991 e. The molecular formula is C17H24N2O. The number of rotatable bonds is 5. The largest absolute Gasteiger partial charge is 0.389 e. The van der Waals surface area contributed by atoms with E-state index in [0.29, 0.717) is 12.1 Å². The Kier molecular flexibility index (Phi) is 5.17. The van der Waals surface area contributed by atoms with E-state index in [-0.39, 0.29) is 0 Å². The van der Waals surface area contributed by atoms with Crippen LogP contribution in [0.15, 0.2) is 24.3 Å². The summed E-state index contributed by atoms with van der Waals surface area (Å²) in [5, 5.41) is 22.6. The van der Waals surface area contributed by atoms with Crippen LogP contribution in [0.2, 0.25) is 0 Å². The zero-order chi connectivity index (χ0) is 14.4. The van der Waals surface area contributed by atoms with E-state index < -0.39 is 5.60 Å². The second kappa shape index (κ2) is 6.88. The van der Waals surface area contributed by atoms with Gasteiger partial charge < -0.3 is 10.4 Å². The number of nitrogens with zero attached hydrogens (tertiary/aromatic N) is 1. The van der Waals surface area contributed by atoms with Crippen molar-refractivity contribution in [2.45, 2.75) is 51.2 Å². The molecule has 1 aromatic rings. The van der Waals surface area contributed by atoms with E-state index in [0.717, 1.165) is 43.7 Å². The summed E-state index contributed by atoms with van der Waals surface area (Å²) >= 11 is 0. The molecule has 1 aliphatic carbocycles. The molecule has 0 aliphatic heterocycles. The SMILES string of the molecule is CCC1CCC(O)(CNCc2ccc(C#N)cc2)CC1. The summed E-state index contributed by atoms with van der Waals surface area (Å²) in [6.45, 7) is 3.63. The third-order valence-corrected chi connectivity index (χ3v) is 4.48. The summed E-state index contributed by atoms with van der Waals surface area (Å²) in [7, 11) is 0. The zero-order valence-electron chi connectivity index (χ0n) is 12.2. The Morgan fingerprint density at radius 1 is 1.30 bits per heavy atom. The van der Waals surface area contributed by atoms with Crippen LogP contribution in [0.5, 0.6) is 0 Å². The predicted molar refractivity (Wildman–Crippen MR) is 80.1 cm³/mol. The first-order valence-corrected chi connectivity index (χ1v) is 7.57. The van der Waals surface area contributed by atoms with Crippen LogP contribution in [0.3, 0.4) is 0 Å². The van der Waals surface area contributed by atoms with Gasteiger partial charge in [0, 0.05) is 13.1 Å². The fourth-order valence-electron chi connectivity index (χ4n) is 2.94. The fraction of sp³-hybridized carbons (Fsp3) is 0.588. The number of hydrogen-bond acceptors (Lipinski definition) is 3. The summed E-state index contributed by atoms with van der Waals surface area (Å²) in [5.74, 6) is 0.800. The molecule has 108 valence electrons. The Hall–Kier alpha value is -1.37. The Labute approximate surface area is 121 Å². The Bertz CT molecular complexity index is 453. The molecule has 0 heterocycles. The molecule has 20 heavy (non-hydrogen) atoms. The van der Waals surface area contributed by atoms with Crippen LogP contribution in [-0.4, -0.2) is 17.3 Å². The van der Waals surface area contributed by atoms with Gasteiger partial charge in [-0.1, -0.05) is 25.5 Å². The topological polar surface area (TPSA) is 56.0 Å². The van der Waals surface area contributed by atoms with Crippen molar-refractivity contribution in [2.24, 2.45) is 5.92 Å². The average Bonchev–Trinajstić information content (AvgIpc) is 2.49. The zero-order valence-corrected chi connectivity index (χ0v) is 12.2. The highest BCUT2D eigenvalue weighted by Gasteiger charge is 2.31. The normalized spacial score (nSPS) is 26.1. The third kappa shape index (κ3) is 4.06. The van der Waals surface area contributed by atoms with Gasteiger partial charge in [0.05, 0.1) is 17.2 Å². The number of nitriles is 1. The van der Waals surface area contributed by atoms with E-state index in [9.17, 15) is 5.11 Å². The predicted octanol–water partition coefficient (Wildman–Crippen LogP) is 2.98. The maximum absolute atomic E-state index is 10.5. The van der Waals surface area contributed by atoms with Crippen molar-refractivity contribution in [3.05, 3.63) is 35.4 Å². The molecule has 0 bridgehead atoms. The van der Waals surface area contributed by atoms with Crippen LogP contribution in [0.1, 0.15) is 50.2 Å². The Morgan fingerprint density at radius 2 is 1.95 bits per heavy atom. The average molecular weight is 272 g/mol. The van der Waals surface area contributed by atoms with Crippen molar-refractivity contribution in [2.75, 3.05) is 6.54 Å². The first-order valence-electron chi connectivity index (χ1n) is 7.57. The van der Waals surface area contributed by atoms with E-state index in [2.05, 4.69) is 18.3 Å². The smallest absolute Gasteiger partial charge is 0.0991 e. The van der Waals surface area contributed by atoms with Gasteiger partial charge in [-0.15, -0.1) is 0 Å². The van der Waals surface area contributed by atoms with Gasteiger partial charge in [0.15, 0.2) is 0 Å². The summed E-state index contributed by atoms with van der Waals surface area (Å²) in [6, 6.07) is 9.70. The lowest BCUT2D eigenvalue weighted by Crippen LogP contribution is -2.43. The lowest BCUT2D eigenvalue weighted by atomic mass is 9.78. The van der Waals surface area contributed by atoms with E-state index >= 15 is 0 Å². The minimum absolute atomic E-state index is 0.529. The van der Waals surface area contributed by atoms with Crippen LogP contribution in [0.25, 0.3) is 0 Å². The first-order chi connectivity index (χ1) is 9.65. The molecule has 0 saturated heterocycles. The molecule has 0 atom stereocenters. The molecule has 0 spiro atoms. The van der Waals surface area contributed by atoms with Gasteiger partial charge in [-0.05, 0) is 49.3 Å². The molecule has 1 fully saturated rings. The first kappa shape index (κ1) is 15.0. The van der Waals surface area contributed by atoms with Crippen LogP contribution < -0.4 is 5.32 Å². The maximum atomic E-state index is 10.5. The molecule has 0 amide bonds. The van der Waals surface area contributed by atoms with E-state index in [1.165, 1.54) is 6.42 Å². The second-order valence-electron chi connectivity index (χ2n) is 5.99. The van der Waals surface area contributed by atoms with Gasteiger partial charge in [-0.2, -0.15) is 5.26 Å². The van der Waals surface area contributed by atoms with Gasteiger partial charge in [-0.25, -0.2) is 0 Å². The summed E-state index contributed by atoms with van der Waals surface area (Å²) in [4.78, 5) is 0. The number of hydrogen-bond donors (Lipinski definition) is 2. The van der Waals surface area contributed by atoms with Gasteiger partial charge in [-0.3, -0.25) is 0 Å². The second-order valence-corrected chi connectivity index (χ2v) is 5.99. The Morgan fingerprint density at radius 3 is 2.50 bits per heavy atom. The van der Waals surface area contributed by atoms with Crippen molar-refractivity contribution in [1.82, 2.24) is 5.32 Å². The quantitative estimate of drug-likeness (QED) is 0.866. The summed E-state index contributed by atoms with van der Waals surface area (Å²) in [5.41, 5.74) is 1.30. The van der Waals surface area contributed by atoms with Gasteiger partial charge in [0.2, 0.25) is 0 Å². The lowest BCUT2D eigenvalue weighted by molar-refractivity contribution is -0.00881. The third-order valence-electron chi connectivity index (χ3n) is 4.48. The molecule has 1 aromatic carbocycles. The number of aliphatic hydroxyl groups is 1. The molecule has 0 aromatic heterocycles. The Balaban J connectivity index is 1.76. The van der Waals surface area contributed by atoms with Gasteiger partial charge in [0.25, 0.3) is 0 Å². The van der Waals surface area contributed by atoms with Crippen molar-refractivity contribution in [3.63, 3.8) is 0 Å². The molecule has 2 N–H and O–H groups in total. The highest BCUT2D eigenvalue weighted by molar-refractivity contribution is 5.31. The number of nitrogens with one attached hydrogen (secondary N) is 1. The molecule has 1 aliphatic rings. The van der Waals surface area contributed by atoms with Crippen LogP contribution in [-0.2, 0) is 6.54 Å². The highest BCUT2D eigenvalue weighted by atomic mass is 16.3. The van der Waals surface area contributed by atoms with Gasteiger partial charge >= 0.3 is 0 Å². The van der Waals surface area contributed by atoms with Gasteiger partial charge in [0.1, 0.15) is 0 Å². The molecule has 3 heteroatoms. The summed E-state index contributed by atoms with van der Waals surface area (Å²) in [6.07, 6.45) is 5.34. The molecule has 2 rings (SSSR count). The van der Waals surface area contributed by atoms with E-state index in [1.807, 2.05) is 24.3 Å². The van der Waals surface area contributed by atoms with Crippen molar-refractivity contribution in [1.29, 1.82) is 5.26 Å². The molecule has 1 saturated carbocycles. The molecule has 0 radical (unpaired) electrons. The van der Waals surface area contributed by atoms with Crippen LogP contribution in [0, 0.1) is 17.2 Å². The highest BCUT2D eigenvalue weighted by Crippen LogP contribution is 2.33. The summed E-state index contributed by atoms with van der Waals surface area (Å²) < 4.78 is 0. The standard InChI is InChI=1S/C17H24N2O/c1-2-14-7-9-17(20,10-8-14)13-19-12-16-5-3-15(11-18)4-6-16/h3-6,14,19-20H,2,7-10,12-13H2,1H3. The van der Waals surface area contributed by atoms with E-state index in [1.54, 1.807) is 0 Å². The minimum atomic E-state index is -0.529. The molecular weight excluding hydrogens is 248 g/mol. The monoisotopic (exact) mass is 272 g/mol. The molecule has 3 nitrogen and oxygen atoms in total. The van der Waals surface area contributed by atoms with E-state index in [4.69, 9.17) is 5.26 Å². The van der Waals surface area contributed by atoms with Crippen LogP contribution >= 0.6 is 0 Å². The molecule has 0 unspecified atom stereocenters.